The molecule has 19 heavy (non-hydrogen) atoms. The molecule has 0 saturated heterocycles. The van der Waals surface area contributed by atoms with E-state index < -0.39 is 0 Å². The number of aromatic nitrogens is 1. The summed E-state index contributed by atoms with van der Waals surface area (Å²) in [6.07, 6.45) is 0. The number of hydrogen-bond donors (Lipinski definition) is 1. The van der Waals surface area contributed by atoms with Gasteiger partial charge < -0.3 is 5.73 Å². The highest BCUT2D eigenvalue weighted by atomic mass is 79.9. The maximum atomic E-state index is 5.61. The smallest absolute Gasteiger partial charge is 0.0547 e. The third-order valence-electron chi connectivity index (χ3n) is 2.85. The first-order chi connectivity index (χ1) is 9.17. The van der Waals surface area contributed by atoms with Gasteiger partial charge in [0.2, 0.25) is 0 Å². The second-order valence-electron chi connectivity index (χ2n) is 4.63. The molecule has 1 heterocycles. The summed E-state index contributed by atoms with van der Waals surface area (Å²) >= 11 is 3.49. The van der Waals surface area contributed by atoms with Crippen molar-refractivity contribution in [3.05, 3.63) is 63.9 Å². The number of hydrogen-bond acceptors (Lipinski definition) is 3. The summed E-state index contributed by atoms with van der Waals surface area (Å²) in [5, 5.41) is 0. The summed E-state index contributed by atoms with van der Waals surface area (Å²) < 4.78 is 1.11. The first-order valence-electron chi connectivity index (χ1n) is 6.25. The van der Waals surface area contributed by atoms with Gasteiger partial charge in [0, 0.05) is 24.1 Å². The minimum absolute atomic E-state index is 0.489. The van der Waals surface area contributed by atoms with E-state index in [0.717, 1.165) is 29.0 Å². The van der Waals surface area contributed by atoms with E-state index in [1.165, 1.54) is 5.56 Å². The fourth-order valence-electron chi connectivity index (χ4n) is 2.01. The molecule has 0 bridgehead atoms. The van der Waals surface area contributed by atoms with Crippen molar-refractivity contribution in [3.8, 4) is 0 Å². The molecule has 3 nitrogen and oxygen atoms in total. The van der Waals surface area contributed by atoms with Gasteiger partial charge in [-0.2, -0.15) is 0 Å². The fraction of sp³-hybridized carbons (Fsp3) is 0.267. The van der Waals surface area contributed by atoms with Gasteiger partial charge in [-0.15, -0.1) is 0 Å². The molecule has 0 aliphatic rings. The monoisotopic (exact) mass is 319 g/mol. The minimum atomic E-state index is 0.489. The average Bonchev–Trinajstić information content (AvgIpc) is 2.38. The lowest BCUT2D eigenvalue weighted by Crippen LogP contribution is -2.18. The van der Waals surface area contributed by atoms with Crippen molar-refractivity contribution < 1.29 is 0 Å². The number of halogens is 1. The highest BCUT2D eigenvalue weighted by Crippen LogP contribution is 2.13. The van der Waals surface area contributed by atoms with Crippen LogP contribution in [0.3, 0.4) is 0 Å². The third kappa shape index (κ3) is 4.42. The van der Waals surface area contributed by atoms with Crippen LogP contribution >= 0.6 is 15.9 Å². The van der Waals surface area contributed by atoms with Crippen molar-refractivity contribution in [1.29, 1.82) is 0 Å². The Morgan fingerprint density at radius 2 is 1.84 bits per heavy atom. The number of nitrogens with two attached hydrogens (primary N) is 1. The third-order valence-corrected chi connectivity index (χ3v) is 3.34. The molecule has 2 rings (SSSR count). The summed E-state index contributed by atoms with van der Waals surface area (Å²) in [5.74, 6) is 0. The highest BCUT2D eigenvalue weighted by molar-refractivity contribution is 9.10. The van der Waals surface area contributed by atoms with Crippen LogP contribution in [0.2, 0.25) is 0 Å². The minimum Gasteiger partial charge on any atom is -0.325 e. The van der Waals surface area contributed by atoms with Crippen LogP contribution in [-0.4, -0.2) is 16.9 Å². The summed E-state index contributed by atoms with van der Waals surface area (Å²) in [7, 11) is 2.09. The van der Waals surface area contributed by atoms with Gasteiger partial charge in [-0.25, -0.2) is 0 Å². The Morgan fingerprint density at radius 3 is 2.58 bits per heavy atom. The van der Waals surface area contributed by atoms with Crippen molar-refractivity contribution in [3.63, 3.8) is 0 Å². The highest BCUT2D eigenvalue weighted by Gasteiger charge is 2.04. The molecule has 0 radical (unpaired) electrons. The molecule has 2 N–H and O–H groups in total. The van der Waals surface area contributed by atoms with Crippen molar-refractivity contribution >= 4 is 15.9 Å². The molecule has 1 aromatic carbocycles. The zero-order valence-corrected chi connectivity index (χ0v) is 12.6. The number of rotatable bonds is 5. The maximum Gasteiger partial charge on any atom is 0.0547 e. The standard InChI is InChI=1S/C15H18BrN3/c1-19(10-12-4-2-5-13(16)8-12)11-15-7-3-6-14(9-17)18-15/h2-8H,9-11,17H2,1H3. The Hall–Kier alpha value is -1.23. The molecule has 1 aromatic heterocycles. The van der Waals surface area contributed by atoms with Gasteiger partial charge in [-0.3, -0.25) is 9.88 Å². The van der Waals surface area contributed by atoms with Crippen LogP contribution in [0.15, 0.2) is 46.9 Å². The molecule has 0 aliphatic heterocycles. The predicted molar refractivity (Wildman–Crippen MR) is 81.4 cm³/mol. The molecular weight excluding hydrogens is 302 g/mol. The van der Waals surface area contributed by atoms with Crippen LogP contribution in [0.25, 0.3) is 0 Å². The Bertz CT molecular complexity index is 542. The van der Waals surface area contributed by atoms with Gasteiger partial charge in [-0.1, -0.05) is 34.1 Å². The lowest BCUT2D eigenvalue weighted by Gasteiger charge is -2.16. The van der Waals surface area contributed by atoms with E-state index >= 15 is 0 Å². The molecule has 0 atom stereocenters. The molecule has 0 saturated carbocycles. The van der Waals surface area contributed by atoms with Gasteiger partial charge in [0.05, 0.1) is 11.4 Å². The van der Waals surface area contributed by atoms with Crippen LogP contribution in [0.5, 0.6) is 0 Å². The molecule has 0 aliphatic carbocycles. The number of nitrogens with zero attached hydrogens (tertiary/aromatic N) is 2. The second-order valence-corrected chi connectivity index (χ2v) is 5.54. The maximum absolute atomic E-state index is 5.61. The zero-order chi connectivity index (χ0) is 13.7. The first-order valence-corrected chi connectivity index (χ1v) is 7.04. The van der Waals surface area contributed by atoms with Gasteiger partial charge in [0.15, 0.2) is 0 Å². The molecule has 0 spiro atoms. The van der Waals surface area contributed by atoms with Crippen LogP contribution in [0.1, 0.15) is 17.0 Å². The Balaban J connectivity index is 1.98. The van der Waals surface area contributed by atoms with Crippen LogP contribution in [-0.2, 0) is 19.6 Å². The topological polar surface area (TPSA) is 42.1 Å². The van der Waals surface area contributed by atoms with Gasteiger partial charge >= 0.3 is 0 Å². The molecule has 0 amide bonds. The Kier molecular flexibility index (Phi) is 5.07. The number of pyridine rings is 1. The van der Waals surface area contributed by atoms with E-state index in [2.05, 4.69) is 51.1 Å². The predicted octanol–water partition coefficient (Wildman–Crippen LogP) is 2.93. The summed E-state index contributed by atoms with van der Waals surface area (Å²) in [6.45, 7) is 2.21. The van der Waals surface area contributed by atoms with Crippen molar-refractivity contribution in [1.82, 2.24) is 9.88 Å². The summed E-state index contributed by atoms with van der Waals surface area (Å²) in [6, 6.07) is 14.4. The van der Waals surface area contributed by atoms with Crippen molar-refractivity contribution in [2.24, 2.45) is 5.73 Å². The molecular formula is C15H18BrN3. The Labute approximate surface area is 122 Å². The van der Waals surface area contributed by atoms with Gasteiger partial charge in [0.1, 0.15) is 0 Å². The molecule has 4 heteroatoms. The van der Waals surface area contributed by atoms with Gasteiger partial charge in [0.25, 0.3) is 0 Å². The van der Waals surface area contributed by atoms with Crippen LogP contribution < -0.4 is 5.73 Å². The van der Waals surface area contributed by atoms with E-state index in [0.29, 0.717) is 6.54 Å². The first kappa shape index (κ1) is 14.2. The SMILES string of the molecule is CN(Cc1cccc(Br)c1)Cc1cccc(CN)n1. The second kappa shape index (κ2) is 6.80. The lowest BCUT2D eigenvalue weighted by atomic mass is 10.2. The lowest BCUT2D eigenvalue weighted by molar-refractivity contribution is 0.315. The molecule has 100 valence electrons. The van der Waals surface area contributed by atoms with E-state index in [9.17, 15) is 0 Å². The van der Waals surface area contributed by atoms with E-state index in [1.54, 1.807) is 0 Å². The quantitative estimate of drug-likeness (QED) is 0.921. The summed E-state index contributed by atoms with van der Waals surface area (Å²) in [4.78, 5) is 6.75. The normalized spacial score (nSPS) is 10.9. The average molecular weight is 320 g/mol. The van der Waals surface area contributed by atoms with Crippen LogP contribution in [0, 0.1) is 0 Å². The zero-order valence-electron chi connectivity index (χ0n) is 11.0. The molecule has 0 unspecified atom stereocenters. The van der Waals surface area contributed by atoms with Gasteiger partial charge in [-0.05, 0) is 36.9 Å². The fourth-order valence-corrected chi connectivity index (χ4v) is 2.46. The largest absolute Gasteiger partial charge is 0.325 e. The van der Waals surface area contributed by atoms with Crippen molar-refractivity contribution in [2.75, 3.05) is 7.05 Å². The van der Waals surface area contributed by atoms with Crippen LogP contribution in [0.4, 0.5) is 0 Å². The van der Waals surface area contributed by atoms with Crippen molar-refractivity contribution in [2.45, 2.75) is 19.6 Å². The van der Waals surface area contributed by atoms with E-state index in [4.69, 9.17) is 5.73 Å². The van der Waals surface area contributed by atoms with E-state index in [1.807, 2.05) is 24.3 Å². The molecule has 0 fully saturated rings. The molecule has 2 aromatic rings. The van der Waals surface area contributed by atoms with E-state index in [-0.39, 0.29) is 0 Å². The number of benzene rings is 1. The summed E-state index contributed by atoms with van der Waals surface area (Å²) in [5.41, 5.74) is 8.89. The Morgan fingerprint density at radius 1 is 1.11 bits per heavy atom.